The second kappa shape index (κ2) is 5.16. The van der Waals surface area contributed by atoms with E-state index in [1.807, 2.05) is 13.8 Å². The molecule has 1 aliphatic rings. The van der Waals surface area contributed by atoms with Gasteiger partial charge in [0.25, 0.3) is 0 Å². The van der Waals surface area contributed by atoms with Gasteiger partial charge in [0.2, 0.25) is 0 Å². The number of alkyl halides is 3. The average Bonchev–Trinajstić information content (AvgIpc) is 2.29. The lowest BCUT2D eigenvalue weighted by Gasteiger charge is -2.36. The minimum atomic E-state index is -4.37. The number of anilines is 2. The molecular weight excluding hydrogens is 269 g/mol. The van der Waals surface area contributed by atoms with Crippen LogP contribution in [0.4, 0.5) is 24.5 Å². The quantitative estimate of drug-likeness (QED) is 0.816. The Morgan fingerprint density at radius 2 is 2.05 bits per heavy atom. The van der Waals surface area contributed by atoms with Gasteiger partial charge in [-0.3, -0.25) is 0 Å². The van der Waals surface area contributed by atoms with Crippen molar-refractivity contribution < 1.29 is 17.9 Å². The molecule has 1 unspecified atom stereocenters. The molecule has 1 aromatic carbocycles. The molecule has 1 atom stereocenters. The van der Waals surface area contributed by atoms with Crippen LogP contribution < -0.4 is 11.1 Å². The summed E-state index contributed by atoms with van der Waals surface area (Å²) in [5, 5.41) is 3.21. The Morgan fingerprint density at radius 3 is 2.60 bits per heavy atom. The van der Waals surface area contributed by atoms with Gasteiger partial charge in [0.15, 0.2) is 0 Å². The van der Waals surface area contributed by atoms with Crippen LogP contribution in [0.25, 0.3) is 0 Å². The molecule has 0 amide bonds. The third-order valence-corrected chi connectivity index (χ3v) is 3.44. The van der Waals surface area contributed by atoms with Gasteiger partial charge >= 0.3 is 6.18 Å². The second-order valence-electron chi connectivity index (χ2n) is 5.74. The Balaban J connectivity index is 2.10. The highest BCUT2D eigenvalue weighted by Crippen LogP contribution is 2.34. The maximum Gasteiger partial charge on any atom is 0.416 e. The van der Waals surface area contributed by atoms with E-state index in [9.17, 15) is 13.2 Å². The van der Waals surface area contributed by atoms with Gasteiger partial charge in [-0.2, -0.15) is 13.2 Å². The number of hydrogen-bond acceptors (Lipinski definition) is 3. The Kier molecular flexibility index (Phi) is 3.86. The Morgan fingerprint density at radius 1 is 1.35 bits per heavy atom. The molecule has 0 saturated carbocycles. The highest BCUT2D eigenvalue weighted by atomic mass is 19.4. The maximum absolute atomic E-state index is 12.6. The topological polar surface area (TPSA) is 47.3 Å². The first-order chi connectivity index (χ1) is 9.17. The molecule has 112 valence electrons. The molecular formula is C14H19F3N2O. The summed E-state index contributed by atoms with van der Waals surface area (Å²) in [4.78, 5) is 0. The lowest BCUT2D eigenvalue weighted by molar-refractivity contribution is -0.137. The largest absolute Gasteiger partial charge is 0.416 e. The van der Waals surface area contributed by atoms with Gasteiger partial charge in [0.05, 0.1) is 22.5 Å². The van der Waals surface area contributed by atoms with Crippen LogP contribution >= 0.6 is 0 Å². The molecule has 1 saturated heterocycles. The van der Waals surface area contributed by atoms with Crippen LogP contribution in [0.2, 0.25) is 0 Å². The van der Waals surface area contributed by atoms with E-state index in [4.69, 9.17) is 10.5 Å². The van der Waals surface area contributed by atoms with Crippen molar-refractivity contribution in [1.82, 2.24) is 0 Å². The first-order valence-corrected chi connectivity index (χ1v) is 6.55. The zero-order valence-corrected chi connectivity index (χ0v) is 11.6. The summed E-state index contributed by atoms with van der Waals surface area (Å²) in [6.45, 7) is 4.62. The maximum atomic E-state index is 12.6. The normalized spacial score (nSPS) is 22.6. The minimum Gasteiger partial charge on any atom is -0.397 e. The highest BCUT2D eigenvalue weighted by Gasteiger charge is 2.32. The molecule has 1 heterocycles. The number of benzene rings is 1. The van der Waals surface area contributed by atoms with E-state index in [-0.39, 0.29) is 17.3 Å². The van der Waals surface area contributed by atoms with E-state index in [1.54, 1.807) is 0 Å². The van der Waals surface area contributed by atoms with Crippen LogP contribution in [-0.2, 0) is 10.9 Å². The molecule has 1 aromatic rings. The zero-order valence-electron chi connectivity index (χ0n) is 11.6. The SMILES string of the molecule is CC1(C)CC(Nc2ccc(C(F)(F)F)cc2N)CCO1. The van der Waals surface area contributed by atoms with Crippen LogP contribution in [-0.4, -0.2) is 18.2 Å². The van der Waals surface area contributed by atoms with Crippen molar-refractivity contribution in [1.29, 1.82) is 0 Å². The van der Waals surface area contributed by atoms with Gasteiger partial charge in [-0.05, 0) is 44.9 Å². The van der Waals surface area contributed by atoms with Gasteiger partial charge < -0.3 is 15.8 Å². The monoisotopic (exact) mass is 288 g/mol. The lowest BCUT2D eigenvalue weighted by Crippen LogP contribution is -2.40. The van der Waals surface area contributed by atoms with E-state index >= 15 is 0 Å². The molecule has 3 nitrogen and oxygen atoms in total. The zero-order chi connectivity index (χ0) is 15.0. The predicted molar refractivity (Wildman–Crippen MR) is 72.5 cm³/mol. The van der Waals surface area contributed by atoms with E-state index in [2.05, 4.69) is 5.32 Å². The summed E-state index contributed by atoms with van der Waals surface area (Å²) >= 11 is 0. The molecule has 1 aliphatic heterocycles. The second-order valence-corrected chi connectivity index (χ2v) is 5.74. The van der Waals surface area contributed by atoms with E-state index in [0.29, 0.717) is 12.3 Å². The molecule has 2 rings (SSSR count). The molecule has 20 heavy (non-hydrogen) atoms. The van der Waals surface area contributed by atoms with Gasteiger partial charge in [0, 0.05) is 12.6 Å². The van der Waals surface area contributed by atoms with Crippen LogP contribution in [0.15, 0.2) is 18.2 Å². The fourth-order valence-electron chi connectivity index (χ4n) is 2.45. The third kappa shape index (κ3) is 3.56. The van der Waals surface area contributed by atoms with Crippen LogP contribution in [0.1, 0.15) is 32.3 Å². The van der Waals surface area contributed by atoms with Crippen molar-refractivity contribution in [3.05, 3.63) is 23.8 Å². The van der Waals surface area contributed by atoms with Gasteiger partial charge in [0.1, 0.15) is 0 Å². The van der Waals surface area contributed by atoms with E-state index in [1.165, 1.54) is 6.07 Å². The molecule has 0 spiro atoms. The Hall–Kier alpha value is -1.43. The van der Waals surface area contributed by atoms with Gasteiger partial charge in [-0.15, -0.1) is 0 Å². The summed E-state index contributed by atoms with van der Waals surface area (Å²) in [5.41, 5.74) is 5.41. The number of rotatable bonds is 2. The average molecular weight is 288 g/mol. The predicted octanol–water partition coefficient (Wildman–Crippen LogP) is 3.66. The highest BCUT2D eigenvalue weighted by molar-refractivity contribution is 5.67. The fraction of sp³-hybridized carbons (Fsp3) is 0.571. The summed E-state index contributed by atoms with van der Waals surface area (Å²) < 4.78 is 43.3. The summed E-state index contributed by atoms with van der Waals surface area (Å²) in [6, 6.07) is 3.55. The number of ether oxygens (including phenoxy) is 1. The summed E-state index contributed by atoms with van der Waals surface area (Å²) in [5.74, 6) is 0. The Labute approximate surface area is 116 Å². The number of halogens is 3. The molecule has 1 fully saturated rings. The molecule has 3 N–H and O–H groups in total. The van der Waals surface area contributed by atoms with Crippen LogP contribution in [0.5, 0.6) is 0 Å². The number of hydrogen-bond donors (Lipinski definition) is 2. The van der Waals surface area contributed by atoms with E-state index in [0.717, 1.165) is 25.0 Å². The minimum absolute atomic E-state index is 0.115. The van der Waals surface area contributed by atoms with Crippen molar-refractivity contribution in [2.45, 2.75) is 44.5 Å². The smallest absolute Gasteiger partial charge is 0.397 e. The summed E-state index contributed by atoms with van der Waals surface area (Å²) in [7, 11) is 0. The molecule has 0 radical (unpaired) electrons. The first-order valence-electron chi connectivity index (χ1n) is 6.55. The standard InChI is InChI=1S/C14H19F3N2O/c1-13(2)8-10(5-6-20-13)19-12-4-3-9(7-11(12)18)14(15,16)17/h3-4,7,10,19H,5-6,8,18H2,1-2H3. The van der Waals surface area contributed by atoms with Gasteiger partial charge in [-0.25, -0.2) is 0 Å². The molecule has 0 aromatic heterocycles. The van der Waals surface area contributed by atoms with Crippen molar-refractivity contribution >= 4 is 11.4 Å². The number of nitrogen functional groups attached to an aromatic ring is 1. The number of nitrogens with two attached hydrogens (primary N) is 1. The van der Waals surface area contributed by atoms with Crippen LogP contribution in [0.3, 0.4) is 0 Å². The third-order valence-electron chi connectivity index (χ3n) is 3.44. The van der Waals surface area contributed by atoms with Crippen molar-refractivity contribution in [2.24, 2.45) is 0 Å². The summed E-state index contributed by atoms with van der Waals surface area (Å²) in [6.07, 6.45) is -2.77. The molecule has 0 bridgehead atoms. The molecule has 6 heteroatoms. The Bertz CT molecular complexity index is 486. The fourth-order valence-corrected chi connectivity index (χ4v) is 2.45. The first kappa shape index (κ1) is 15.0. The molecule has 0 aliphatic carbocycles. The lowest BCUT2D eigenvalue weighted by atomic mass is 9.93. The van der Waals surface area contributed by atoms with Crippen molar-refractivity contribution in [3.63, 3.8) is 0 Å². The van der Waals surface area contributed by atoms with Crippen molar-refractivity contribution in [3.8, 4) is 0 Å². The number of nitrogens with one attached hydrogen (secondary N) is 1. The van der Waals surface area contributed by atoms with Crippen molar-refractivity contribution in [2.75, 3.05) is 17.7 Å². The van der Waals surface area contributed by atoms with E-state index < -0.39 is 11.7 Å². The van der Waals surface area contributed by atoms with Crippen LogP contribution in [0, 0.1) is 0 Å². The van der Waals surface area contributed by atoms with Gasteiger partial charge in [-0.1, -0.05) is 0 Å².